The van der Waals surface area contributed by atoms with E-state index >= 15 is 0 Å². The minimum absolute atomic E-state index is 0.0674. The molecule has 3 rings (SSSR count). The minimum atomic E-state index is -0.353. The molecular formula is C17H20N6O. The smallest absolute Gasteiger partial charge is 0.244 e. The Morgan fingerprint density at radius 3 is 2.79 bits per heavy atom. The molecule has 24 heavy (non-hydrogen) atoms. The van der Waals surface area contributed by atoms with Gasteiger partial charge in [-0.15, -0.1) is 0 Å². The summed E-state index contributed by atoms with van der Waals surface area (Å²) >= 11 is 0. The second-order valence-electron chi connectivity index (χ2n) is 5.76. The molecule has 124 valence electrons. The fourth-order valence-electron chi connectivity index (χ4n) is 2.59. The molecule has 1 N–H and O–H groups in total. The number of rotatable bonds is 5. The molecule has 0 aliphatic rings. The van der Waals surface area contributed by atoms with Crippen molar-refractivity contribution in [2.75, 3.05) is 0 Å². The summed E-state index contributed by atoms with van der Waals surface area (Å²) in [7, 11) is 0. The highest BCUT2D eigenvalue weighted by Crippen LogP contribution is 2.12. The van der Waals surface area contributed by atoms with Gasteiger partial charge in [0.25, 0.3) is 0 Å². The van der Waals surface area contributed by atoms with Crippen molar-refractivity contribution in [3.63, 3.8) is 0 Å². The average molecular weight is 324 g/mol. The summed E-state index contributed by atoms with van der Waals surface area (Å²) < 4.78 is 3.57. The van der Waals surface area contributed by atoms with Crippen molar-refractivity contribution in [3.05, 3.63) is 60.1 Å². The number of hydrogen-bond donors (Lipinski definition) is 1. The Morgan fingerprint density at radius 1 is 1.29 bits per heavy atom. The highest BCUT2D eigenvalue weighted by molar-refractivity contribution is 5.79. The molecule has 7 nitrogen and oxygen atoms in total. The van der Waals surface area contributed by atoms with Gasteiger partial charge in [0.1, 0.15) is 18.2 Å². The first kappa shape index (κ1) is 15.9. The lowest BCUT2D eigenvalue weighted by molar-refractivity contribution is -0.124. The highest BCUT2D eigenvalue weighted by Gasteiger charge is 2.17. The normalized spacial score (nSPS) is 12.1. The lowest BCUT2D eigenvalue weighted by Gasteiger charge is -2.14. The Labute approximate surface area is 140 Å². The van der Waals surface area contributed by atoms with Crippen molar-refractivity contribution in [1.29, 1.82) is 0 Å². The molecule has 0 aliphatic carbocycles. The zero-order valence-electron chi connectivity index (χ0n) is 14.0. The summed E-state index contributed by atoms with van der Waals surface area (Å²) in [4.78, 5) is 20.7. The Bertz CT molecular complexity index is 837. The molecule has 0 aliphatic heterocycles. The molecule has 0 fully saturated rings. The molecule has 0 saturated carbocycles. The van der Waals surface area contributed by atoms with Crippen LogP contribution in [-0.2, 0) is 11.3 Å². The molecule has 0 spiro atoms. The van der Waals surface area contributed by atoms with E-state index in [0.29, 0.717) is 6.54 Å². The second-order valence-corrected chi connectivity index (χ2v) is 5.76. The van der Waals surface area contributed by atoms with Gasteiger partial charge in [-0.1, -0.05) is 0 Å². The fourth-order valence-corrected chi connectivity index (χ4v) is 2.59. The predicted molar refractivity (Wildman–Crippen MR) is 89.6 cm³/mol. The maximum atomic E-state index is 12.4. The van der Waals surface area contributed by atoms with Gasteiger partial charge in [0.05, 0.1) is 5.69 Å². The molecule has 3 aromatic rings. The quantitative estimate of drug-likeness (QED) is 0.778. The number of aryl methyl sites for hydroxylation is 2. The number of aromatic nitrogens is 5. The maximum absolute atomic E-state index is 12.4. The molecular weight excluding hydrogens is 304 g/mol. The number of amides is 1. The third kappa shape index (κ3) is 3.34. The van der Waals surface area contributed by atoms with Gasteiger partial charge in [0.15, 0.2) is 0 Å². The van der Waals surface area contributed by atoms with E-state index < -0.39 is 0 Å². The van der Waals surface area contributed by atoms with Gasteiger partial charge in [0, 0.05) is 30.8 Å². The molecule has 0 bridgehead atoms. The highest BCUT2D eigenvalue weighted by atomic mass is 16.2. The molecule has 1 unspecified atom stereocenters. The van der Waals surface area contributed by atoms with Gasteiger partial charge < -0.3 is 5.32 Å². The van der Waals surface area contributed by atoms with Crippen LogP contribution in [0, 0.1) is 13.8 Å². The van der Waals surface area contributed by atoms with Crippen molar-refractivity contribution >= 4 is 5.91 Å². The second kappa shape index (κ2) is 6.66. The standard InChI is InChI=1S/C17H20N6O/c1-12-8-13(2)23(21-12)14(3)17(24)20-10-15-4-5-19-16(9-15)22-7-6-18-11-22/h4-9,11,14H,10H2,1-3H3,(H,20,24). The maximum Gasteiger partial charge on any atom is 0.244 e. The third-order valence-electron chi connectivity index (χ3n) is 3.84. The van der Waals surface area contributed by atoms with Gasteiger partial charge in [0.2, 0.25) is 5.91 Å². The van der Waals surface area contributed by atoms with Gasteiger partial charge in [-0.3, -0.25) is 14.0 Å². The number of carbonyl (C=O) groups excluding carboxylic acids is 1. The summed E-state index contributed by atoms with van der Waals surface area (Å²) in [6, 6.07) is 5.42. The number of imidazole rings is 1. The van der Waals surface area contributed by atoms with Gasteiger partial charge in [-0.2, -0.15) is 5.10 Å². The van der Waals surface area contributed by atoms with Crippen LogP contribution in [0.1, 0.15) is 29.9 Å². The Morgan fingerprint density at radius 2 is 2.12 bits per heavy atom. The van der Waals surface area contributed by atoms with Gasteiger partial charge in [-0.25, -0.2) is 9.97 Å². The van der Waals surface area contributed by atoms with Crippen molar-refractivity contribution < 1.29 is 4.79 Å². The zero-order valence-corrected chi connectivity index (χ0v) is 14.0. The van der Waals surface area contributed by atoms with E-state index in [0.717, 1.165) is 22.8 Å². The molecule has 3 heterocycles. The minimum Gasteiger partial charge on any atom is -0.350 e. The zero-order chi connectivity index (χ0) is 17.1. The fraction of sp³-hybridized carbons (Fsp3) is 0.294. The summed E-state index contributed by atoms with van der Waals surface area (Å²) in [5.74, 6) is 0.702. The molecule has 3 aromatic heterocycles. The summed E-state index contributed by atoms with van der Waals surface area (Å²) in [5.41, 5.74) is 2.86. The number of hydrogen-bond acceptors (Lipinski definition) is 4. The van der Waals surface area contributed by atoms with Crippen LogP contribution in [0.3, 0.4) is 0 Å². The molecule has 1 atom stereocenters. The predicted octanol–water partition coefficient (Wildman–Crippen LogP) is 1.96. The van der Waals surface area contributed by atoms with E-state index in [2.05, 4.69) is 20.4 Å². The molecule has 7 heteroatoms. The van der Waals surface area contributed by atoms with E-state index in [-0.39, 0.29) is 11.9 Å². The lowest BCUT2D eigenvalue weighted by atomic mass is 10.2. The number of pyridine rings is 1. The van der Waals surface area contributed by atoms with Crippen LogP contribution in [0.15, 0.2) is 43.1 Å². The molecule has 1 amide bonds. The number of nitrogens with one attached hydrogen (secondary N) is 1. The van der Waals surface area contributed by atoms with Crippen molar-refractivity contribution in [1.82, 2.24) is 29.6 Å². The molecule has 0 radical (unpaired) electrons. The van der Waals surface area contributed by atoms with E-state index in [1.807, 2.05) is 49.7 Å². The van der Waals surface area contributed by atoms with Gasteiger partial charge >= 0.3 is 0 Å². The Hall–Kier alpha value is -2.96. The summed E-state index contributed by atoms with van der Waals surface area (Å²) in [6.45, 7) is 6.15. The van der Waals surface area contributed by atoms with E-state index in [4.69, 9.17) is 0 Å². The van der Waals surface area contributed by atoms with E-state index in [1.54, 1.807) is 23.4 Å². The van der Waals surface area contributed by atoms with Crippen LogP contribution < -0.4 is 5.32 Å². The van der Waals surface area contributed by atoms with Crippen molar-refractivity contribution in [2.24, 2.45) is 0 Å². The lowest BCUT2D eigenvalue weighted by Crippen LogP contribution is -2.31. The van der Waals surface area contributed by atoms with Crippen LogP contribution in [-0.4, -0.2) is 30.2 Å². The van der Waals surface area contributed by atoms with E-state index in [1.165, 1.54) is 0 Å². The average Bonchev–Trinajstić information content (AvgIpc) is 3.22. The van der Waals surface area contributed by atoms with Crippen LogP contribution in [0.2, 0.25) is 0 Å². The Kier molecular flexibility index (Phi) is 4.41. The third-order valence-corrected chi connectivity index (χ3v) is 3.84. The topological polar surface area (TPSA) is 77.6 Å². The first-order chi connectivity index (χ1) is 11.5. The SMILES string of the molecule is Cc1cc(C)n(C(C)C(=O)NCc2ccnc(-n3ccnc3)c2)n1. The first-order valence-corrected chi connectivity index (χ1v) is 7.78. The van der Waals surface area contributed by atoms with Crippen LogP contribution >= 0.6 is 0 Å². The summed E-state index contributed by atoms with van der Waals surface area (Å²) in [5, 5.41) is 7.32. The number of nitrogens with zero attached hydrogens (tertiary/aromatic N) is 5. The molecule has 0 aromatic carbocycles. The van der Waals surface area contributed by atoms with Crippen LogP contribution in [0.4, 0.5) is 0 Å². The summed E-state index contributed by atoms with van der Waals surface area (Å²) in [6.07, 6.45) is 6.94. The largest absolute Gasteiger partial charge is 0.350 e. The molecule has 0 saturated heterocycles. The van der Waals surface area contributed by atoms with Gasteiger partial charge in [-0.05, 0) is 44.5 Å². The van der Waals surface area contributed by atoms with E-state index in [9.17, 15) is 4.79 Å². The monoisotopic (exact) mass is 324 g/mol. The van der Waals surface area contributed by atoms with Crippen molar-refractivity contribution in [2.45, 2.75) is 33.4 Å². The number of carbonyl (C=O) groups is 1. The van der Waals surface area contributed by atoms with Crippen LogP contribution in [0.25, 0.3) is 5.82 Å². The Balaban J connectivity index is 1.66. The van der Waals surface area contributed by atoms with Crippen LogP contribution in [0.5, 0.6) is 0 Å². The first-order valence-electron chi connectivity index (χ1n) is 7.78. The van der Waals surface area contributed by atoms with Crippen molar-refractivity contribution in [3.8, 4) is 5.82 Å².